The third-order valence-corrected chi connectivity index (χ3v) is 4.21. The van der Waals surface area contributed by atoms with Crippen LogP contribution in [0, 0.1) is 5.92 Å². The van der Waals surface area contributed by atoms with Crippen molar-refractivity contribution in [3.8, 4) is 0 Å². The van der Waals surface area contributed by atoms with E-state index in [0.29, 0.717) is 6.61 Å². The van der Waals surface area contributed by atoms with E-state index in [-0.39, 0.29) is 18.3 Å². The van der Waals surface area contributed by atoms with Crippen LogP contribution in [-0.4, -0.2) is 36.6 Å². The van der Waals surface area contributed by atoms with Gasteiger partial charge in [-0.3, -0.25) is 0 Å². The second-order valence-electron chi connectivity index (χ2n) is 5.52. The highest BCUT2D eigenvalue weighted by Crippen LogP contribution is 2.29. The van der Waals surface area contributed by atoms with Crippen LogP contribution < -0.4 is 0 Å². The lowest BCUT2D eigenvalue weighted by Crippen LogP contribution is -2.38. The highest BCUT2D eigenvalue weighted by atomic mass is 16.5. The topological polar surface area (TPSA) is 38.7 Å². The van der Waals surface area contributed by atoms with Crippen molar-refractivity contribution in [1.29, 1.82) is 0 Å². The number of ether oxygens (including phenoxy) is 2. The van der Waals surface area contributed by atoms with Crippen molar-refractivity contribution >= 4 is 0 Å². The second kappa shape index (κ2) is 6.72. The van der Waals surface area contributed by atoms with Crippen LogP contribution in [0.25, 0.3) is 0 Å². The third-order valence-electron chi connectivity index (χ3n) is 4.21. The monoisotopic (exact) mass is 242 g/mol. The van der Waals surface area contributed by atoms with Gasteiger partial charge in [0.25, 0.3) is 0 Å². The molecular formula is C14H26O3. The molecule has 17 heavy (non-hydrogen) atoms. The summed E-state index contributed by atoms with van der Waals surface area (Å²) in [6.07, 6.45) is 7.85. The Kier molecular flexibility index (Phi) is 5.26. The minimum Gasteiger partial charge on any atom is -0.390 e. The second-order valence-corrected chi connectivity index (χ2v) is 5.52. The summed E-state index contributed by atoms with van der Waals surface area (Å²) < 4.78 is 11.5. The number of aliphatic hydroxyl groups is 1. The van der Waals surface area contributed by atoms with Gasteiger partial charge >= 0.3 is 0 Å². The number of hydrogen-bond acceptors (Lipinski definition) is 3. The normalized spacial score (nSPS) is 39.2. The fraction of sp³-hybridized carbons (Fsp3) is 1.00. The SMILES string of the molecule is CCC1CCC(O)C(OCC2CCCCO2)C1. The van der Waals surface area contributed by atoms with Crippen LogP contribution in [0.1, 0.15) is 51.9 Å². The minimum absolute atomic E-state index is 0.0410. The molecule has 1 saturated heterocycles. The summed E-state index contributed by atoms with van der Waals surface area (Å²) in [5.74, 6) is 0.732. The molecule has 0 bridgehead atoms. The predicted molar refractivity (Wildman–Crippen MR) is 67.0 cm³/mol. The highest BCUT2D eigenvalue weighted by molar-refractivity contribution is 4.80. The summed E-state index contributed by atoms with van der Waals surface area (Å²) >= 11 is 0. The maximum absolute atomic E-state index is 9.95. The highest BCUT2D eigenvalue weighted by Gasteiger charge is 2.29. The molecule has 1 aliphatic heterocycles. The van der Waals surface area contributed by atoms with Crippen molar-refractivity contribution in [2.24, 2.45) is 5.92 Å². The van der Waals surface area contributed by atoms with Gasteiger partial charge in [-0.1, -0.05) is 13.3 Å². The van der Waals surface area contributed by atoms with Crippen molar-refractivity contribution in [1.82, 2.24) is 0 Å². The van der Waals surface area contributed by atoms with Crippen molar-refractivity contribution in [3.63, 3.8) is 0 Å². The molecule has 0 radical (unpaired) electrons. The van der Waals surface area contributed by atoms with Gasteiger partial charge in [-0.05, 0) is 44.4 Å². The molecule has 0 spiro atoms. The molecule has 1 N–H and O–H groups in total. The lowest BCUT2D eigenvalue weighted by Gasteiger charge is -2.34. The van der Waals surface area contributed by atoms with Gasteiger partial charge in [0.2, 0.25) is 0 Å². The van der Waals surface area contributed by atoms with E-state index in [1.54, 1.807) is 0 Å². The molecule has 0 aromatic carbocycles. The summed E-state index contributed by atoms with van der Waals surface area (Å²) in [5, 5.41) is 9.95. The third kappa shape index (κ3) is 3.94. The quantitative estimate of drug-likeness (QED) is 0.823. The minimum atomic E-state index is -0.263. The zero-order valence-electron chi connectivity index (χ0n) is 10.9. The standard InChI is InChI=1S/C14H26O3/c1-2-11-6-7-13(15)14(9-11)17-10-12-5-3-4-8-16-12/h11-15H,2-10H2,1H3. The molecule has 1 saturated carbocycles. The van der Waals surface area contributed by atoms with Crippen LogP contribution in [-0.2, 0) is 9.47 Å². The van der Waals surface area contributed by atoms with E-state index in [0.717, 1.165) is 38.2 Å². The Morgan fingerprint density at radius 2 is 2.12 bits per heavy atom. The van der Waals surface area contributed by atoms with E-state index < -0.39 is 0 Å². The summed E-state index contributed by atoms with van der Waals surface area (Å²) in [7, 11) is 0. The zero-order chi connectivity index (χ0) is 12.1. The average molecular weight is 242 g/mol. The van der Waals surface area contributed by atoms with Gasteiger partial charge in [0.15, 0.2) is 0 Å². The van der Waals surface area contributed by atoms with Crippen molar-refractivity contribution in [3.05, 3.63) is 0 Å². The molecular weight excluding hydrogens is 216 g/mol. The van der Waals surface area contributed by atoms with E-state index in [4.69, 9.17) is 9.47 Å². The first-order chi connectivity index (χ1) is 8.29. The van der Waals surface area contributed by atoms with E-state index in [1.165, 1.54) is 19.3 Å². The summed E-state index contributed by atoms with van der Waals surface area (Å²) in [6.45, 7) is 3.76. The fourth-order valence-electron chi connectivity index (χ4n) is 2.92. The maximum atomic E-state index is 9.95. The van der Waals surface area contributed by atoms with Gasteiger partial charge in [-0.15, -0.1) is 0 Å². The molecule has 0 aromatic heterocycles. The van der Waals surface area contributed by atoms with Crippen LogP contribution >= 0.6 is 0 Å². The van der Waals surface area contributed by atoms with Crippen LogP contribution in [0.3, 0.4) is 0 Å². The first kappa shape index (κ1) is 13.3. The van der Waals surface area contributed by atoms with Crippen LogP contribution in [0.2, 0.25) is 0 Å². The van der Waals surface area contributed by atoms with Gasteiger partial charge in [0.05, 0.1) is 24.9 Å². The Morgan fingerprint density at radius 1 is 1.24 bits per heavy atom. The summed E-state index contributed by atoms with van der Waals surface area (Å²) in [5.41, 5.74) is 0. The Bertz CT molecular complexity index is 214. The van der Waals surface area contributed by atoms with Crippen molar-refractivity contribution in [2.75, 3.05) is 13.2 Å². The molecule has 1 aliphatic carbocycles. The molecule has 1 heterocycles. The molecule has 0 amide bonds. The molecule has 100 valence electrons. The van der Waals surface area contributed by atoms with Crippen molar-refractivity contribution < 1.29 is 14.6 Å². The molecule has 2 rings (SSSR count). The molecule has 4 atom stereocenters. The van der Waals surface area contributed by atoms with E-state index in [2.05, 4.69) is 6.92 Å². The Labute approximate surface area is 104 Å². The van der Waals surface area contributed by atoms with Crippen LogP contribution in [0.15, 0.2) is 0 Å². The van der Waals surface area contributed by atoms with Gasteiger partial charge in [0.1, 0.15) is 0 Å². The lowest BCUT2D eigenvalue weighted by molar-refractivity contribution is -0.112. The van der Waals surface area contributed by atoms with Crippen molar-refractivity contribution in [2.45, 2.75) is 70.2 Å². The zero-order valence-corrected chi connectivity index (χ0v) is 10.9. The molecule has 0 aromatic rings. The van der Waals surface area contributed by atoms with Crippen LogP contribution in [0.5, 0.6) is 0 Å². The molecule has 3 nitrogen and oxygen atoms in total. The molecule has 2 fully saturated rings. The number of rotatable bonds is 4. The fourth-order valence-corrected chi connectivity index (χ4v) is 2.92. The maximum Gasteiger partial charge on any atom is 0.0837 e. The Morgan fingerprint density at radius 3 is 2.82 bits per heavy atom. The van der Waals surface area contributed by atoms with E-state index >= 15 is 0 Å². The summed E-state index contributed by atoms with van der Waals surface area (Å²) in [6, 6.07) is 0. The van der Waals surface area contributed by atoms with E-state index in [9.17, 15) is 5.11 Å². The van der Waals surface area contributed by atoms with Crippen LogP contribution in [0.4, 0.5) is 0 Å². The number of hydrogen-bond donors (Lipinski definition) is 1. The molecule has 2 aliphatic rings. The first-order valence-corrected chi connectivity index (χ1v) is 7.21. The van der Waals surface area contributed by atoms with Gasteiger partial charge in [0, 0.05) is 6.61 Å². The smallest absolute Gasteiger partial charge is 0.0837 e. The van der Waals surface area contributed by atoms with Gasteiger partial charge < -0.3 is 14.6 Å². The lowest BCUT2D eigenvalue weighted by atomic mass is 9.84. The van der Waals surface area contributed by atoms with Gasteiger partial charge in [-0.25, -0.2) is 0 Å². The Balaban J connectivity index is 1.72. The summed E-state index contributed by atoms with van der Waals surface area (Å²) in [4.78, 5) is 0. The first-order valence-electron chi connectivity index (χ1n) is 7.21. The largest absolute Gasteiger partial charge is 0.390 e. The van der Waals surface area contributed by atoms with E-state index in [1.807, 2.05) is 0 Å². The molecule has 3 heteroatoms. The van der Waals surface area contributed by atoms with Gasteiger partial charge in [-0.2, -0.15) is 0 Å². The number of aliphatic hydroxyl groups excluding tert-OH is 1. The predicted octanol–water partition coefficient (Wildman–Crippen LogP) is 2.51. The molecule has 4 unspecified atom stereocenters. The Hall–Kier alpha value is -0.120. The average Bonchev–Trinajstić information content (AvgIpc) is 2.39.